The second-order valence-corrected chi connectivity index (χ2v) is 3.61. The Hall–Kier alpha value is -0.950. The Morgan fingerprint density at radius 1 is 1.06 bits per heavy atom. The van der Waals surface area contributed by atoms with Crippen molar-refractivity contribution >= 4 is 11.6 Å². The van der Waals surface area contributed by atoms with E-state index in [1.54, 1.807) is 0 Å². The van der Waals surface area contributed by atoms with E-state index in [1.807, 2.05) is 0 Å². The highest BCUT2D eigenvalue weighted by Crippen LogP contribution is 2.41. The zero-order chi connectivity index (χ0) is 13.4. The molecular formula is C9H5ClF6O. The summed E-state index contributed by atoms with van der Waals surface area (Å²) in [5.74, 6) is 0. The Bertz CT molecular complexity index is 411. The first-order chi connectivity index (χ1) is 7.53. The van der Waals surface area contributed by atoms with E-state index in [0.717, 1.165) is 6.07 Å². The van der Waals surface area contributed by atoms with E-state index >= 15 is 0 Å². The van der Waals surface area contributed by atoms with Gasteiger partial charge in [-0.2, -0.15) is 26.3 Å². The summed E-state index contributed by atoms with van der Waals surface area (Å²) < 4.78 is 73.8. The minimum Gasteiger partial charge on any atom is -0.379 e. The van der Waals surface area contributed by atoms with Gasteiger partial charge in [-0.1, -0.05) is 17.7 Å². The maximum atomic E-state index is 12.4. The van der Waals surface area contributed by atoms with Crippen LogP contribution in [0.2, 0.25) is 5.02 Å². The Kier molecular flexibility index (Phi) is 3.63. The van der Waals surface area contributed by atoms with Gasteiger partial charge in [-0.25, -0.2) is 0 Å². The van der Waals surface area contributed by atoms with Crippen LogP contribution in [0.5, 0.6) is 0 Å². The lowest BCUT2D eigenvalue weighted by Gasteiger charge is -2.19. The van der Waals surface area contributed by atoms with Crippen LogP contribution in [0.3, 0.4) is 0 Å². The molecule has 0 aliphatic heterocycles. The molecule has 0 fully saturated rings. The lowest BCUT2D eigenvalue weighted by Crippen LogP contribution is -2.23. The van der Waals surface area contributed by atoms with Crippen LogP contribution in [0.25, 0.3) is 0 Å². The van der Waals surface area contributed by atoms with Gasteiger partial charge in [0.15, 0.2) is 6.10 Å². The summed E-state index contributed by atoms with van der Waals surface area (Å²) in [6, 6.07) is 1.69. The molecule has 17 heavy (non-hydrogen) atoms. The maximum Gasteiger partial charge on any atom is 0.418 e. The van der Waals surface area contributed by atoms with E-state index in [0.29, 0.717) is 12.1 Å². The van der Waals surface area contributed by atoms with E-state index in [9.17, 15) is 26.3 Å². The monoisotopic (exact) mass is 278 g/mol. The molecule has 0 heterocycles. The summed E-state index contributed by atoms with van der Waals surface area (Å²) in [4.78, 5) is 0. The van der Waals surface area contributed by atoms with Gasteiger partial charge in [0.1, 0.15) is 0 Å². The molecule has 0 saturated heterocycles. The van der Waals surface area contributed by atoms with Crippen molar-refractivity contribution < 1.29 is 31.4 Å². The Morgan fingerprint density at radius 3 is 2.00 bits per heavy atom. The lowest BCUT2D eigenvalue weighted by molar-refractivity contribution is -0.209. The highest BCUT2D eigenvalue weighted by atomic mass is 35.5. The Labute approximate surface area is 96.6 Å². The summed E-state index contributed by atoms with van der Waals surface area (Å²) in [5.41, 5.74) is -2.87. The third-order valence-electron chi connectivity index (χ3n) is 1.93. The summed E-state index contributed by atoms with van der Waals surface area (Å²) in [5, 5.41) is 8.46. The van der Waals surface area contributed by atoms with Crippen molar-refractivity contribution in [1.29, 1.82) is 0 Å². The van der Waals surface area contributed by atoms with Gasteiger partial charge in [0, 0.05) is 10.6 Å². The molecular weight excluding hydrogens is 274 g/mol. The van der Waals surface area contributed by atoms with Crippen molar-refractivity contribution in [3.8, 4) is 0 Å². The van der Waals surface area contributed by atoms with E-state index < -0.39 is 29.6 Å². The predicted octanol–water partition coefficient (Wildman–Crippen LogP) is 3.95. The molecule has 1 rings (SSSR count). The van der Waals surface area contributed by atoms with Crippen molar-refractivity contribution in [3.63, 3.8) is 0 Å². The molecule has 1 nitrogen and oxygen atoms in total. The normalized spacial score (nSPS) is 14.8. The smallest absolute Gasteiger partial charge is 0.379 e. The number of alkyl halides is 6. The molecule has 0 bridgehead atoms. The molecule has 0 aliphatic carbocycles. The molecule has 0 aromatic heterocycles. The van der Waals surface area contributed by atoms with Gasteiger partial charge >= 0.3 is 12.4 Å². The van der Waals surface area contributed by atoms with Gasteiger partial charge in [0.05, 0.1) is 5.56 Å². The molecule has 0 radical (unpaired) electrons. The lowest BCUT2D eigenvalue weighted by atomic mass is 10.0. The van der Waals surface area contributed by atoms with Crippen molar-refractivity contribution in [2.45, 2.75) is 18.5 Å². The van der Waals surface area contributed by atoms with Gasteiger partial charge in [-0.15, -0.1) is 0 Å². The van der Waals surface area contributed by atoms with Gasteiger partial charge < -0.3 is 5.11 Å². The van der Waals surface area contributed by atoms with E-state index in [4.69, 9.17) is 16.7 Å². The summed E-state index contributed by atoms with van der Waals surface area (Å²) in [7, 11) is 0. The third-order valence-corrected chi connectivity index (χ3v) is 2.16. The number of hydrogen-bond acceptors (Lipinski definition) is 1. The second kappa shape index (κ2) is 4.38. The fourth-order valence-electron chi connectivity index (χ4n) is 1.19. The SMILES string of the molecule is O[C@@H](c1ccc(Cl)cc1C(F)(F)F)C(F)(F)F. The Morgan fingerprint density at radius 2 is 1.59 bits per heavy atom. The number of rotatable bonds is 1. The maximum absolute atomic E-state index is 12.4. The van der Waals surface area contributed by atoms with E-state index in [-0.39, 0.29) is 5.02 Å². The van der Waals surface area contributed by atoms with Crippen LogP contribution in [-0.2, 0) is 6.18 Å². The largest absolute Gasteiger partial charge is 0.418 e. The highest BCUT2D eigenvalue weighted by molar-refractivity contribution is 6.30. The average Bonchev–Trinajstić information content (AvgIpc) is 2.14. The molecule has 0 amide bonds. The summed E-state index contributed by atoms with van der Waals surface area (Å²) in [6.07, 6.45) is -13.4. The van der Waals surface area contributed by atoms with Gasteiger partial charge in [-0.3, -0.25) is 0 Å². The second-order valence-electron chi connectivity index (χ2n) is 3.17. The molecule has 0 spiro atoms. The molecule has 1 aromatic rings. The molecule has 96 valence electrons. The number of aliphatic hydroxyl groups is 1. The molecule has 8 heteroatoms. The van der Waals surface area contributed by atoms with Crippen LogP contribution in [0.15, 0.2) is 18.2 Å². The van der Waals surface area contributed by atoms with E-state index in [2.05, 4.69) is 0 Å². The van der Waals surface area contributed by atoms with Crippen LogP contribution in [0.1, 0.15) is 17.2 Å². The van der Waals surface area contributed by atoms with Crippen LogP contribution < -0.4 is 0 Å². The molecule has 1 N–H and O–H groups in total. The van der Waals surface area contributed by atoms with E-state index in [1.165, 1.54) is 0 Å². The van der Waals surface area contributed by atoms with Crippen molar-refractivity contribution in [3.05, 3.63) is 34.3 Å². The number of benzene rings is 1. The first kappa shape index (κ1) is 14.1. The molecule has 0 unspecified atom stereocenters. The van der Waals surface area contributed by atoms with Gasteiger partial charge in [0.2, 0.25) is 0 Å². The van der Waals surface area contributed by atoms with Crippen molar-refractivity contribution in [1.82, 2.24) is 0 Å². The van der Waals surface area contributed by atoms with Crippen LogP contribution >= 0.6 is 11.6 Å². The standard InChI is InChI=1S/C9H5ClF6O/c10-4-1-2-5(7(17)9(14,15)16)6(3-4)8(11,12)13/h1-3,7,17H/t7-/m0/s1. The zero-order valence-electron chi connectivity index (χ0n) is 7.90. The summed E-state index contributed by atoms with van der Waals surface area (Å²) >= 11 is 5.28. The van der Waals surface area contributed by atoms with Crippen LogP contribution in [0, 0.1) is 0 Å². The zero-order valence-corrected chi connectivity index (χ0v) is 8.66. The number of aliphatic hydroxyl groups excluding tert-OH is 1. The topological polar surface area (TPSA) is 20.2 Å². The number of hydrogen-bond donors (Lipinski definition) is 1. The minimum absolute atomic E-state index is 0.339. The Balaban J connectivity index is 3.34. The highest BCUT2D eigenvalue weighted by Gasteiger charge is 2.44. The fourth-order valence-corrected chi connectivity index (χ4v) is 1.36. The van der Waals surface area contributed by atoms with Gasteiger partial charge in [0.25, 0.3) is 0 Å². The predicted molar refractivity (Wildman–Crippen MR) is 47.5 cm³/mol. The van der Waals surface area contributed by atoms with Crippen LogP contribution in [-0.4, -0.2) is 11.3 Å². The number of halogens is 7. The van der Waals surface area contributed by atoms with Crippen molar-refractivity contribution in [2.24, 2.45) is 0 Å². The van der Waals surface area contributed by atoms with Gasteiger partial charge in [-0.05, 0) is 12.1 Å². The fraction of sp³-hybridized carbons (Fsp3) is 0.333. The third kappa shape index (κ3) is 3.26. The average molecular weight is 279 g/mol. The quantitative estimate of drug-likeness (QED) is 0.771. The molecule has 1 aromatic carbocycles. The van der Waals surface area contributed by atoms with Crippen molar-refractivity contribution in [2.75, 3.05) is 0 Å². The molecule has 1 atom stereocenters. The first-order valence-electron chi connectivity index (χ1n) is 4.15. The molecule has 0 aliphatic rings. The first-order valence-corrected chi connectivity index (χ1v) is 4.52. The summed E-state index contributed by atoms with van der Waals surface area (Å²) in [6.45, 7) is 0. The molecule has 0 saturated carbocycles. The minimum atomic E-state index is -5.17. The van der Waals surface area contributed by atoms with Crippen LogP contribution in [0.4, 0.5) is 26.3 Å².